The minimum absolute atomic E-state index is 0.000617. The van der Waals surface area contributed by atoms with Gasteiger partial charge in [-0.2, -0.15) is 0 Å². The Labute approximate surface area is 187 Å². The number of rotatable bonds is 21. The van der Waals surface area contributed by atoms with Gasteiger partial charge in [0.2, 0.25) is 0 Å². The molecule has 1 aromatic rings. The summed E-state index contributed by atoms with van der Waals surface area (Å²) in [4.78, 5) is 0. The van der Waals surface area contributed by atoms with Gasteiger partial charge in [-0.3, -0.25) is 0 Å². The zero-order valence-corrected chi connectivity index (χ0v) is 20.0. The number of unbranched alkanes of at least 4 members (excludes halogenated alkanes) is 19. The maximum atomic E-state index is 9.52. The Kier molecular flexibility index (Phi) is 17.7. The van der Waals surface area contributed by atoms with Gasteiger partial charge in [0.25, 0.3) is 0 Å². The standard InChI is InChI=1S/C28H50O2/c1-2-3-4-5-6-7-8-9-10-11-12-13-14-15-16-17-18-19-20-21-22-26-23-24-27(29)28(30)25-26/h23-25,29-30H,2-22H2,1H3. The van der Waals surface area contributed by atoms with Crippen LogP contribution in [0.2, 0.25) is 0 Å². The van der Waals surface area contributed by atoms with E-state index in [-0.39, 0.29) is 11.5 Å². The zero-order chi connectivity index (χ0) is 21.7. The first-order chi connectivity index (χ1) is 14.7. The maximum absolute atomic E-state index is 9.52. The molecule has 0 saturated heterocycles. The Bertz CT molecular complexity index is 497. The molecule has 0 heterocycles. The van der Waals surface area contributed by atoms with E-state index in [1.54, 1.807) is 12.1 Å². The minimum atomic E-state index is -0.0257. The summed E-state index contributed by atoms with van der Waals surface area (Å²) in [6.45, 7) is 2.29. The van der Waals surface area contributed by atoms with E-state index >= 15 is 0 Å². The molecule has 0 saturated carbocycles. The summed E-state index contributed by atoms with van der Waals surface area (Å²) in [5.41, 5.74) is 1.12. The van der Waals surface area contributed by atoms with E-state index in [4.69, 9.17) is 0 Å². The van der Waals surface area contributed by atoms with Crippen molar-refractivity contribution >= 4 is 0 Å². The van der Waals surface area contributed by atoms with Crippen molar-refractivity contribution in [1.82, 2.24) is 0 Å². The number of hydrogen-bond acceptors (Lipinski definition) is 2. The van der Waals surface area contributed by atoms with Crippen LogP contribution in [0.25, 0.3) is 0 Å². The van der Waals surface area contributed by atoms with Crippen LogP contribution in [0.4, 0.5) is 0 Å². The van der Waals surface area contributed by atoms with E-state index in [1.165, 1.54) is 128 Å². The molecular weight excluding hydrogens is 368 g/mol. The molecule has 0 spiro atoms. The summed E-state index contributed by atoms with van der Waals surface area (Å²) in [6, 6.07) is 5.18. The molecule has 0 fully saturated rings. The molecule has 2 heteroatoms. The van der Waals surface area contributed by atoms with Crippen molar-refractivity contribution in [2.75, 3.05) is 0 Å². The van der Waals surface area contributed by atoms with Gasteiger partial charge in [0, 0.05) is 0 Å². The molecule has 2 N–H and O–H groups in total. The molecule has 0 aliphatic carbocycles. The molecule has 0 unspecified atom stereocenters. The van der Waals surface area contributed by atoms with Crippen LogP contribution < -0.4 is 0 Å². The summed E-state index contributed by atoms with van der Waals surface area (Å²) in [6.07, 6.45) is 29.1. The Morgan fingerprint density at radius 2 is 0.833 bits per heavy atom. The van der Waals surface area contributed by atoms with Crippen molar-refractivity contribution in [3.05, 3.63) is 23.8 Å². The summed E-state index contributed by atoms with van der Waals surface area (Å²) < 4.78 is 0. The fourth-order valence-corrected chi connectivity index (χ4v) is 4.31. The molecule has 0 radical (unpaired) electrons. The topological polar surface area (TPSA) is 40.5 Å². The highest BCUT2D eigenvalue weighted by Crippen LogP contribution is 2.25. The zero-order valence-electron chi connectivity index (χ0n) is 20.0. The van der Waals surface area contributed by atoms with E-state index in [1.807, 2.05) is 6.07 Å². The minimum Gasteiger partial charge on any atom is -0.504 e. The van der Waals surface area contributed by atoms with Crippen LogP contribution in [0, 0.1) is 0 Å². The van der Waals surface area contributed by atoms with E-state index in [9.17, 15) is 10.2 Å². The number of aryl methyl sites for hydroxylation is 1. The summed E-state index contributed by atoms with van der Waals surface area (Å²) in [5.74, 6) is -0.0251. The molecule has 0 aliphatic heterocycles. The third kappa shape index (κ3) is 15.6. The molecular formula is C28H50O2. The Morgan fingerprint density at radius 3 is 1.20 bits per heavy atom. The second-order valence-corrected chi connectivity index (χ2v) is 9.29. The Balaban J connectivity index is 1.73. The van der Waals surface area contributed by atoms with Gasteiger partial charge in [0.05, 0.1) is 0 Å². The lowest BCUT2D eigenvalue weighted by Gasteiger charge is -2.05. The Morgan fingerprint density at radius 1 is 0.467 bits per heavy atom. The summed E-state index contributed by atoms with van der Waals surface area (Å²) in [7, 11) is 0. The van der Waals surface area contributed by atoms with Crippen LogP contribution in [0.1, 0.15) is 141 Å². The van der Waals surface area contributed by atoms with Crippen molar-refractivity contribution in [2.24, 2.45) is 0 Å². The lowest BCUT2D eigenvalue weighted by Crippen LogP contribution is -1.87. The van der Waals surface area contributed by atoms with Gasteiger partial charge in [-0.1, -0.05) is 135 Å². The number of phenols is 2. The normalized spacial score (nSPS) is 11.2. The van der Waals surface area contributed by atoms with Gasteiger partial charge in [0.15, 0.2) is 11.5 Å². The van der Waals surface area contributed by atoms with Crippen LogP contribution in [0.5, 0.6) is 11.5 Å². The number of hydrogen-bond donors (Lipinski definition) is 2. The smallest absolute Gasteiger partial charge is 0.157 e. The monoisotopic (exact) mass is 418 g/mol. The predicted octanol–water partition coefficient (Wildman–Crippen LogP) is 9.46. The fourth-order valence-electron chi connectivity index (χ4n) is 4.31. The number of aromatic hydroxyl groups is 2. The first-order valence-electron chi connectivity index (χ1n) is 13.2. The van der Waals surface area contributed by atoms with Crippen molar-refractivity contribution in [1.29, 1.82) is 0 Å². The third-order valence-corrected chi connectivity index (χ3v) is 6.36. The average Bonchev–Trinajstić information content (AvgIpc) is 2.74. The molecule has 0 atom stereocenters. The molecule has 1 aromatic carbocycles. The van der Waals surface area contributed by atoms with Crippen molar-refractivity contribution in [3.8, 4) is 11.5 Å². The molecule has 0 aromatic heterocycles. The molecule has 0 bridgehead atoms. The molecule has 1 rings (SSSR count). The first kappa shape index (κ1) is 26.9. The highest BCUT2D eigenvalue weighted by Gasteiger charge is 2.01. The van der Waals surface area contributed by atoms with Gasteiger partial charge in [0.1, 0.15) is 0 Å². The van der Waals surface area contributed by atoms with E-state index in [0.29, 0.717) is 0 Å². The van der Waals surface area contributed by atoms with Crippen LogP contribution in [0.15, 0.2) is 18.2 Å². The van der Waals surface area contributed by atoms with Gasteiger partial charge in [-0.15, -0.1) is 0 Å². The largest absolute Gasteiger partial charge is 0.504 e. The quantitative estimate of drug-likeness (QED) is 0.154. The second-order valence-electron chi connectivity index (χ2n) is 9.29. The third-order valence-electron chi connectivity index (χ3n) is 6.36. The fraction of sp³-hybridized carbons (Fsp3) is 0.786. The van der Waals surface area contributed by atoms with E-state index < -0.39 is 0 Å². The van der Waals surface area contributed by atoms with Crippen molar-refractivity contribution in [3.63, 3.8) is 0 Å². The maximum Gasteiger partial charge on any atom is 0.157 e. The van der Waals surface area contributed by atoms with Gasteiger partial charge < -0.3 is 10.2 Å². The molecule has 174 valence electrons. The number of phenolic OH excluding ortho intramolecular Hbond substituents is 2. The van der Waals surface area contributed by atoms with E-state index in [2.05, 4.69) is 6.92 Å². The molecule has 2 nitrogen and oxygen atoms in total. The predicted molar refractivity (Wildman–Crippen MR) is 131 cm³/mol. The van der Waals surface area contributed by atoms with Gasteiger partial charge in [-0.05, 0) is 30.5 Å². The van der Waals surface area contributed by atoms with Crippen molar-refractivity contribution in [2.45, 2.75) is 142 Å². The Hall–Kier alpha value is -1.18. The highest BCUT2D eigenvalue weighted by molar-refractivity contribution is 5.40. The molecule has 0 amide bonds. The first-order valence-corrected chi connectivity index (χ1v) is 13.2. The average molecular weight is 419 g/mol. The SMILES string of the molecule is CCCCCCCCCCCCCCCCCCCCCCc1ccc(O)c(O)c1. The van der Waals surface area contributed by atoms with Crippen LogP contribution >= 0.6 is 0 Å². The van der Waals surface area contributed by atoms with Gasteiger partial charge >= 0.3 is 0 Å². The van der Waals surface area contributed by atoms with Crippen LogP contribution in [-0.2, 0) is 6.42 Å². The second kappa shape index (κ2) is 19.8. The van der Waals surface area contributed by atoms with E-state index in [0.717, 1.165) is 12.0 Å². The van der Waals surface area contributed by atoms with Crippen LogP contribution in [0.3, 0.4) is 0 Å². The van der Waals surface area contributed by atoms with Crippen LogP contribution in [-0.4, -0.2) is 10.2 Å². The van der Waals surface area contributed by atoms with Gasteiger partial charge in [-0.25, -0.2) is 0 Å². The lowest BCUT2D eigenvalue weighted by atomic mass is 10.0. The lowest BCUT2D eigenvalue weighted by molar-refractivity contribution is 0.403. The number of benzene rings is 1. The molecule has 30 heavy (non-hydrogen) atoms. The summed E-state index contributed by atoms with van der Waals surface area (Å²) in [5, 5.41) is 18.8. The summed E-state index contributed by atoms with van der Waals surface area (Å²) >= 11 is 0. The molecule has 0 aliphatic rings. The highest BCUT2D eigenvalue weighted by atomic mass is 16.3. The van der Waals surface area contributed by atoms with Crippen molar-refractivity contribution < 1.29 is 10.2 Å².